The minimum absolute atomic E-state index is 0.0766. The zero-order chi connectivity index (χ0) is 22.6. The van der Waals surface area contributed by atoms with Gasteiger partial charge in [0.05, 0.1) is 16.6 Å². The van der Waals surface area contributed by atoms with Gasteiger partial charge in [-0.1, -0.05) is 28.1 Å². The molecule has 2 amide bonds. The van der Waals surface area contributed by atoms with E-state index >= 15 is 0 Å². The number of hydrogen-bond acceptors (Lipinski definition) is 6. The van der Waals surface area contributed by atoms with Gasteiger partial charge in [0.2, 0.25) is 0 Å². The molecule has 166 valence electrons. The third kappa shape index (κ3) is 8.82. The number of hydrogen-bond donors (Lipinski definition) is 3. The molecule has 0 unspecified atom stereocenters. The summed E-state index contributed by atoms with van der Waals surface area (Å²) < 4.78 is 17.8. The first kappa shape index (κ1) is 25.1. The molecule has 0 fully saturated rings. The monoisotopic (exact) mass is 573 g/mol. The second-order valence-corrected chi connectivity index (χ2v) is 8.04. The molecule has 0 aliphatic heterocycles. The molecule has 0 aliphatic rings. The Bertz CT molecular complexity index is 929. The summed E-state index contributed by atoms with van der Waals surface area (Å²) in [4.78, 5) is 24.4. The maximum Gasteiger partial charge on any atom is 0.276 e. The maximum atomic E-state index is 12.5. The predicted octanol–water partition coefficient (Wildman–Crippen LogP) is 3.34. The van der Waals surface area contributed by atoms with Crippen LogP contribution in [0.1, 0.15) is 17.3 Å². The highest BCUT2D eigenvalue weighted by atomic mass is 79.9. The lowest BCUT2D eigenvalue weighted by Crippen LogP contribution is -2.49. The number of carbonyl (C=O) groups excluding carboxylic acids is 2. The molecular weight excluding hydrogens is 554 g/mol. The average molecular weight is 575 g/mol. The summed E-state index contributed by atoms with van der Waals surface area (Å²) in [6, 6.07) is 12.1. The number of ether oxygens (including phenoxy) is 3. The standard InChI is InChI=1S/C20H21Br2N3O5S/c1-2-28-9-10-29-16-6-4-3-5-14(16)19(27)23-20(31)25-24-18(26)12-30-17-8-7-13(21)11-15(17)22/h3-8,11H,2,9-10,12H2,1H3,(H,24,26)(H2,23,25,27,31). The van der Waals surface area contributed by atoms with E-state index in [2.05, 4.69) is 48.0 Å². The SMILES string of the molecule is CCOCCOc1ccccc1C(=O)NC(=S)NNC(=O)COc1ccc(Br)cc1Br. The van der Waals surface area contributed by atoms with E-state index in [1.165, 1.54) is 0 Å². The third-order valence-electron chi connectivity index (χ3n) is 3.62. The fraction of sp³-hybridized carbons (Fsp3) is 0.250. The minimum atomic E-state index is -0.480. The van der Waals surface area contributed by atoms with Crippen molar-refractivity contribution in [3.05, 3.63) is 57.0 Å². The molecule has 0 aromatic heterocycles. The second kappa shape index (κ2) is 13.3. The minimum Gasteiger partial charge on any atom is -0.490 e. The fourth-order valence-electron chi connectivity index (χ4n) is 2.23. The van der Waals surface area contributed by atoms with Crippen LogP contribution in [0.4, 0.5) is 0 Å². The van der Waals surface area contributed by atoms with Gasteiger partial charge in [-0.2, -0.15) is 0 Å². The van der Waals surface area contributed by atoms with E-state index in [0.29, 0.717) is 41.4 Å². The number of rotatable bonds is 9. The number of amides is 2. The zero-order valence-corrected chi connectivity index (χ0v) is 20.6. The van der Waals surface area contributed by atoms with Gasteiger partial charge in [-0.3, -0.25) is 25.8 Å². The summed E-state index contributed by atoms with van der Waals surface area (Å²) in [6.45, 7) is 2.95. The quantitative estimate of drug-likeness (QED) is 0.240. The number of halogens is 2. The molecule has 0 saturated heterocycles. The third-order valence-corrected chi connectivity index (χ3v) is 4.93. The Labute approximate surface area is 202 Å². The van der Waals surface area contributed by atoms with E-state index in [1.54, 1.807) is 42.5 Å². The molecule has 31 heavy (non-hydrogen) atoms. The van der Waals surface area contributed by atoms with E-state index in [-0.39, 0.29) is 11.7 Å². The summed E-state index contributed by atoms with van der Waals surface area (Å²) in [6.07, 6.45) is 0. The molecule has 0 spiro atoms. The van der Waals surface area contributed by atoms with Crippen LogP contribution in [0.3, 0.4) is 0 Å². The zero-order valence-electron chi connectivity index (χ0n) is 16.6. The highest BCUT2D eigenvalue weighted by Gasteiger charge is 2.14. The van der Waals surface area contributed by atoms with Crippen molar-refractivity contribution in [2.75, 3.05) is 26.4 Å². The molecule has 0 aliphatic carbocycles. The molecule has 11 heteroatoms. The number of thiocarbonyl (C=S) groups is 1. The molecular formula is C20H21Br2N3O5S. The Morgan fingerprint density at radius 1 is 1.00 bits per heavy atom. The van der Waals surface area contributed by atoms with Crippen LogP contribution in [0.15, 0.2) is 51.4 Å². The Morgan fingerprint density at radius 2 is 1.77 bits per heavy atom. The number of benzene rings is 2. The van der Waals surface area contributed by atoms with Crippen molar-refractivity contribution in [1.29, 1.82) is 0 Å². The van der Waals surface area contributed by atoms with E-state index < -0.39 is 11.8 Å². The van der Waals surface area contributed by atoms with Gasteiger partial charge in [-0.05, 0) is 65.4 Å². The average Bonchev–Trinajstić information content (AvgIpc) is 2.75. The molecule has 2 aromatic carbocycles. The topological polar surface area (TPSA) is 97.9 Å². The molecule has 0 atom stereocenters. The van der Waals surface area contributed by atoms with Gasteiger partial charge >= 0.3 is 0 Å². The summed E-state index contributed by atoms with van der Waals surface area (Å²) in [5, 5.41) is 2.41. The van der Waals surface area contributed by atoms with Crippen LogP contribution >= 0.6 is 44.1 Å². The second-order valence-electron chi connectivity index (χ2n) is 5.86. The number of para-hydroxylation sites is 1. The molecule has 0 radical (unpaired) electrons. The largest absolute Gasteiger partial charge is 0.490 e. The normalized spacial score (nSPS) is 10.2. The van der Waals surface area contributed by atoms with Crippen LogP contribution in [-0.4, -0.2) is 43.4 Å². The highest BCUT2D eigenvalue weighted by molar-refractivity contribution is 9.11. The maximum absolute atomic E-state index is 12.5. The van der Waals surface area contributed by atoms with Crippen LogP contribution in [0, 0.1) is 0 Å². The molecule has 0 saturated carbocycles. The lowest BCUT2D eigenvalue weighted by atomic mass is 10.2. The fourth-order valence-corrected chi connectivity index (χ4v) is 3.54. The summed E-state index contributed by atoms with van der Waals surface area (Å²) in [5.41, 5.74) is 5.13. The van der Waals surface area contributed by atoms with Crippen LogP contribution in [0.25, 0.3) is 0 Å². The first-order chi connectivity index (χ1) is 14.9. The van der Waals surface area contributed by atoms with E-state index in [0.717, 1.165) is 4.47 Å². The van der Waals surface area contributed by atoms with Gasteiger partial charge in [0, 0.05) is 11.1 Å². The van der Waals surface area contributed by atoms with Gasteiger partial charge in [0.1, 0.15) is 18.1 Å². The number of carbonyl (C=O) groups is 2. The predicted molar refractivity (Wildman–Crippen MR) is 127 cm³/mol. The van der Waals surface area contributed by atoms with Crippen LogP contribution < -0.4 is 25.6 Å². The first-order valence-corrected chi connectivity index (χ1v) is 11.2. The van der Waals surface area contributed by atoms with Gasteiger partial charge in [0.15, 0.2) is 11.7 Å². The Morgan fingerprint density at radius 3 is 2.52 bits per heavy atom. The Hall–Kier alpha value is -2.21. The van der Waals surface area contributed by atoms with E-state index in [1.807, 2.05) is 6.92 Å². The van der Waals surface area contributed by atoms with Gasteiger partial charge < -0.3 is 14.2 Å². The van der Waals surface area contributed by atoms with Crippen molar-refractivity contribution in [2.24, 2.45) is 0 Å². The van der Waals surface area contributed by atoms with Gasteiger partial charge in [-0.25, -0.2) is 0 Å². The highest BCUT2D eigenvalue weighted by Crippen LogP contribution is 2.28. The van der Waals surface area contributed by atoms with Gasteiger partial charge in [-0.15, -0.1) is 0 Å². The van der Waals surface area contributed by atoms with Crippen LogP contribution in [-0.2, 0) is 9.53 Å². The molecule has 3 N–H and O–H groups in total. The van der Waals surface area contributed by atoms with Crippen LogP contribution in [0.5, 0.6) is 11.5 Å². The molecule has 0 bridgehead atoms. The lowest BCUT2D eigenvalue weighted by Gasteiger charge is -2.14. The van der Waals surface area contributed by atoms with E-state index in [9.17, 15) is 9.59 Å². The van der Waals surface area contributed by atoms with Crippen molar-refractivity contribution in [3.63, 3.8) is 0 Å². The summed E-state index contributed by atoms with van der Waals surface area (Å²) in [5.74, 6) is -0.0462. The van der Waals surface area contributed by atoms with Crippen molar-refractivity contribution < 1.29 is 23.8 Å². The molecule has 0 heterocycles. The molecule has 2 aromatic rings. The van der Waals surface area contributed by atoms with E-state index in [4.69, 9.17) is 26.4 Å². The van der Waals surface area contributed by atoms with Gasteiger partial charge in [0.25, 0.3) is 11.8 Å². The molecule has 8 nitrogen and oxygen atoms in total. The van der Waals surface area contributed by atoms with Crippen LogP contribution in [0.2, 0.25) is 0 Å². The number of nitrogens with one attached hydrogen (secondary N) is 3. The summed E-state index contributed by atoms with van der Waals surface area (Å²) in [7, 11) is 0. The molecule has 2 rings (SSSR count). The van der Waals surface area contributed by atoms with Crippen molar-refractivity contribution >= 4 is 61.0 Å². The van der Waals surface area contributed by atoms with Crippen molar-refractivity contribution in [1.82, 2.24) is 16.2 Å². The van der Waals surface area contributed by atoms with Crippen molar-refractivity contribution in [2.45, 2.75) is 6.92 Å². The number of hydrazine groups is 1. The van der Waals surface area contributed by atoms with Crippen molar-refractivity contribution in [3.8, 4) is 11.5 Å². The Kier molecular flexibility index (Phi) is 10.7. The lowest BCUT2D eigenvalue weighted by molar-refractivity contribution is -0.123. The summed E-state index contributed by atoms with van der Waals surface area (Å²) >= 11 is 11.7. The first-order valence-electron chi connectivity index (χ1n) is 9.18. The Balaban J connectivity index is 1.79. The smallest absolute Gasteiger partial charge is 0.276 e.